The Kier molecular flexibility index (Phi) is 3.92. The van der Waals surface area contributed by atoms with Gasteiger partial charge in [0.1, 0.15) is 0 Å². The summed E-state index contributed by atoms with van der Waals surface area (Å²) < 4.78 is 0. The van der Waals surface area contributed by atoms with E-state index in [1.807, 2.05) is 0 Å². The topological polar surface area (TPSA) is 96.2 Å². The van der Waals surface area contributed by atoms with E-state index in [4.69, 9.17) is 5.73 Å². The first-order valence-electron chi connectivity index (χ1n) is 2.97. The van der Waals surface area contributed by atoms with Gasteiger partial charge in [0.2, 0.25) is 5.91 Å². The van der Waals surface area contributed by atoms with E-state index in [9.17, 15) is 9.59 Å². The van der Waals surface area contributed by atoms with Crippen molar-refractivity contribution in [2.75, 3.05) is 0 Å². The lowest BCUT2D eigenvalue weighted by molar-refractivity contribution is -0.117. The van der Waals surface area contributed by atoms with Gasteiger partial charge >= 0.3 is 6.03 Å². The fraction of sp³-hybridized carbons (Fsp3) is 0.200. The van der Waals surface area contributed by atoms with Crippen molar-refractivity contribution in [2.24, 2.45) is 5.73 Å². The smallest absolute Gasteiger partial charge is 0.315 e. The Hall–Kier alpha value is -1.43. The Morgan fingerprint density at radius 2 is 2.33 bits per heavy atom. The number of nitrogens with two attached hydrogens (primary N) is 1. The van der Waals surface area contributed by atoms with E-state index < -0.39 is 12.3 Å². The molecule has 12 heavy (non-hydrogen) atoms. The van der Waals surface area contributed by atoms with Gasteiger partial charge in [0.15, 0.2) is 6.29 Å². The maximum Gasteiger partial charge on any atom is 0.315 e. The van der Waals surface area contributed by atoms with Gasteiger partial charge in [-0.25, -0.2) is 4.79 Å². The van der Waals surface area contributed by atoms with Gasteiger partial charge in [0.05, 0.1) is 0 Å². The molecule has 0 aromatic heterocycles. The van der Waals surface area contributed by atoms with Gasteiger partial charge in [-0.3, -0.25) is 4.79 Å². The van der Waals surface area contributed by atoms with Gasteiger partial charge in [-0.1, -0.05) is 0 Å². The molecule has 1 rings (SSSR count). The van der Waals surface area contributed by atoms with Crippen molar-refractivity contribution in [1.29, 1.82) is 0 Å². The number of carbonyl (C=O) groups excluding carboxylic acids is 2. The van der Waals surface area contributed by atoms with Gasteiger partial charge in [0.25, 0.3) is 0 Å². The number of primary amides is 1. The molecule has 0 saturated carbocycles. The van der Waals surface area contributed by atoms with Crippen LogP contribution in [0.5, 0.6) is 0 Å². The number of rotatable bonds is 1. The zero-order chi connectivity index (χ0) is 8.27. The molecular weight excluding hydrogens is 184 g/mol. The summed E-state index contributed by atoms with van der Waals surface area (Å²) in [6.07, 6.45) is 2.13. The molecule has 7 heteroatoms. The zero-order valence-electron chi connectivity index (χ0n) is 6.03. The molecule has 1 unspecified atom stereocenters. The summed E-state index contributed by atoms with van der Waals surface area (Å²) in [6.45, 7) is 0. The maximum absolute atomic E-state index is 10.6. The van der Waals surface area contributed by atoms with Crippen molar-refractivity contribution in [2.45, 2.75) is 6.29 Å². The van der Waals surface area contributed by atoms with Gasteiger partial charge in [-0.05, 0) is 0 Å². The van der Waals surface area contributed by atoms with Crippen molar-refractivity contribution in [3.05, 3.63) is 12.3 Å². The largest absolute Gasteiger partial charge is 0.354 e. The van der Waals surface area contributed by atoms with E-state index in [1.165, 1.54) is 12.3 Å². The maximum atomic E-state index is 10.6. The number of halogens is 1. The molecule has 0 spiro atoms. The average molecular weight is 193 g/mol. The highest BCUT2D eigenvalue weighted by Crippen LogP contribution is 1.82. The van der Waals surface area contributed by atoms with Crippen LogP contribution in [0, 0.1) is 0 Å². The van der Waals surface area contributed by atoms with Crippen molar-refractivity contribution in [3.8, 4) is 0 Å². The molecule has 0 aromatic rings. The van der Waals surface area contributed by atoms with Crippen molar-refractivity contribution < 1.29 is 9.59 Å². The third-order valence-corrected chi connectivity index (χ3v) is 1.07. The van der Waals surface area contributed by atoms with Gasteiger partial charge in [-0.2, -0.15) is 0 Å². The second-order valence-corrected chi connectivity index (χ2v) is 1.95. The minimum Gasteiger partial charge on any atom is -0.354 e. The van der Waals surface area contributed by atoms with E-state index in [-0.39, 0.29) is 18.3 Å². The number of amides is 3. The zero-order valence-corrected chi connectivity index (χ0v) is 6.85. The predicted molar refractivity (Wildman–Crippen MR) is 44.2 cm³/mol. The van der Waals surface area contributed by atoms with Crippen LogP contribution in [0.1, 0.15) is 0 Å². The SMILES string of the molecule is Cl.NC(=O)NC1NC=CC(=O)N1. The average Bonchev–Trinajstić information content (AvgIpc) is 1.85. The number of carbonyl (C=O) groups is 2. The van der Waals surface area contributed by atoms with Crippen LogP contribution in [0.3, 0.4) is 0 Å². The Labute approximate surface area is 75.0 Å². The molecule has 0 aliphatic carbocycles. The Bertz CT molecular complexity index is 217. The first-order valence-corrected chi connectivity index (χ1v) is 2.97. The lowest BCUT2D eigenvalue weighted by Crippen LogP contribution is -2.57. The summed E-state index contributed by atoms with van der Waals surface area (Å²) in [4.78, 5) is 20.9. The molecule has 1 atom stereocenters. The molecule has 0 bridgehead atoms. The minimum absolute atomic E-state index is 0. The summed E-state index contributed by atoms with van der Waals surface area (Å²) in [5, 5.41) is 7.31. The van der Waals surface area contributed by atoms with Crippen molar-refractivity contribution in [1.82, 2.24) is 16.0 Å². The molecule has 3 amide bonds. The van der Waals surface area contributed by atoms with Crippen molar-refractivity contribution in [3.63, 3.8) is 0 Å². The summed E-state index contributed by atoms with van der Waals surface area (Å²) >= 11 is 0. The lowest BCUT2D eigenvalue weighted by Gasteiger charge is -2.21. The van der Waals surface area contributed by atoms with Crippen LogP contribution >= 0.6 is 12.4 Å². The second-order valence-electron chi connectivity index (χ2n) is 1.95. The van der Waals surface area contributed by atoms with Gasteiger partial charge < -0.3 is 21.7 Å². The highest BCUT2D eigenvalue weighted by atomic mass is 35.5. The molecule has 1 aliphatic heterocycles. The Morgan fingerprint density at radius 3 is 2.83 bits per heavy atom. The van der Waals surface area contributed by atoms with E-state index in [0.29, 0.717) is 0 Å². The molecule has 0 saturated heterocycles. The van der Waals surface area contributed by atoms with Crippen LogP contribution in [-0.2, 0) is 4.79 Å². The molecular formula is C5H9ClN4O2. The second kappa shape index (κ2) is 4.45. The summed E-state index contributed by atoms with van der Waals surface area (Å²) in [5.74, 6) is -0.275. The van der Waals surface area contributed by atoms with Crippen LogP contribution in [-0.4, -0.2) is 18.2 Å². The molecule has 1 heterocycles. The fourth-order valence-electron chi connectivity index (χ4n) is 0.672. The number of urea groups is 1. The van der Waals surface area contributed by atoms with Gasteiger partial charge in [-0.15, -0.1) is 12.4 Å². The standard InChI is InChI=1S/C5H8N4O2.ClH/c6-4(11)9-5-7-2-1-3(10)8-5;/h1-2,5,7H,(H,8,10)(H3,6,9,11);1H. The molecule has 0 radical (unpaired) electrons. The van der Waals surface area contributed by atoms with Crippen LogP contribution < -0.4 is 21.7 Å². The van der Waals surface area contributed by atoms with E-state index in [2.05, 4.69) is 16.0 Å². The number of nitrogens with one attached hydrogen (secondary N) is 3. The number of hydrogen-bond acceptors (Lipinski definition) is 3. The van der Waals surface area contributed by atoms with E-state index in [1.54, 1.807) is 0 Å². The quantitative estimate of drug-likeness (QED) is 0.411. The number of hydrogen-bond donors (Lipinski definition) is 4. The molecule has 5 N–H and O–H groups in total. The van der Waals surface area contributed by atoms with Crippen LogP contribution in [0.2, 0.25) is 0 Å². The third-order valence-electron chi connectivity index (χ3n) is 1.07. The monoisotopic (exact) mass is 192 g/mol. The highest BCUT2D eigenvalue weighted by molar-refractivity contribution is 5.88. The minimum atomic E-state index is -0.696. The first kappa shape index (κ1) is 10.6. The highest BCUT2D eigenvalue weighted by Gasteiger charge is 2.12. The molecule has 0 aromatic carbocycles. The first-order chi connectivity index (χ1) is 5.18. The Morgan fingerprint density at radius 1 is 1.67 bits per heavy atom. The Balaban J connectivity index is 0.00000121. The molecule has 6 nitrogen and oxygen atoms in total. The summed E-state index contributed by atoms with van der Waals surface area (Å²) in [5.41, 5.74) is 4.80. The molecule has 0 fully saturated rings. The van der Waals surface area contributed by atoms with E-state index >= 15 is 0 Å². The normalized spacial score (nSPS) is 20.0. The third kappa shape index (κ3) is 3.11. The summed E-state index contributed by atoms with van der Waals surface area (Å²) in [6, 6.07) is -0.696. The fourth-order valence-corrected chi connectivity index (χ4v) is 0.672. The van der Waals surface area contributed by atoms with Crippen LogP contribution in [0.15, 0.2) is 12.3 Å². The lowest BCUT2D eigenvalue weighted by atomic mass is 10.5. The van der Waals surface area contributed by atoms with Crippen molar-refractivity contribution >= 4 is 24.3 Å². The predicted octanol–water partition coefficient (Wildman–Crippen LogP) is -1.41. The van der Waals surface area contributed by atoms with Gasteiger partial charge in [0, 0.05) is 12.3 Å². The van der Waals surface area contributed by atoms with E-state index in [0.717, 1.165) is 0 Å². The van der Waals surface area contributed by atoms with Crippen LogP contribution in [0.4, 0.5) is 4.79 Å². The summed E-state index contributed by atoms with van der Waals surface area (Å²) in [7, 11) is 0. The molecule has 68 valence electrons. The molecule has 1 aliphatic rings. The van der Waals surface area contributed by atoms with Crippen LogP contribution in [0.25, 0.3) is 0 Å².